The molecule has 2 aromatic rings. The van der Waals surface area contributed by atoms with Crippen molar-refractivity contribution < 1.29 is 27.4 Å². The largest absolute Gasteiger partial charge is 0.573 e. The molecule has 38 heavy (non-hydrogen) atoms. The number of alkyl halides is 3. The molecule has 2 unspecified atom stereocenters. The van der Waals surface area contributed by atoms with E-state index in [1.807, 2.05) is 4.90 Å². The first-order valence-electron chi connectivity index (χ1n) is 13.3. The highest BCUT2D eigenvalue weighted by Gasteiger charge is 2.34. The Balaban J connectivity index is 1.28. The Hall–Kier alpha value is -2.92. The SMILES string of the molecule is CC1CCc2ncnc(N3CCN(C(=O)C(CNC4CCOCC4)c4ccc(OC(F)(F)F)cc4)CC3)c21. The van der Waals surface area contributed by atoms with Gasteiger partial charge in [-0.15, -0.1) is 13.2 Å². The molecule has 1 N–H and O–H groups in total. The van der Waals surface area contributed by atoms with Gasteiger partial charge in [0, 0.05) is 63.2 Å². The molecule has 11 heteroatoms. The Labute approximate surface area is 220 Å². The smallest absolute Gasteiger partial charge is 0.406 e. The van der Waals surface area contributed by atoms with Crippen LogP contribution in [-0.2, 0) is 16.0 Å². The number of amides is 1. The zero-order valence-electron chi connectivity index (χ0n) is 21.5. The average Bonchev–Trinajstić information content (AvgIpc) is 3.30. The lowest BCUT2D eigenvalue weighted by Gasteiger charge is -2.38. The minimum atomic E-state index is -4.76. The van der Waals surface area contributed by atoms with Gasteiger partial charge in [-0.2, -0.15) is 0 Å². The van der Waals surface area contributed by atoms with Gasteiger partial charge in [-0.3, -0.25) is 4.79 Å². The molecule has 2 aliphatic heterocycles. The number of halogens is 3. The number of ether oxygens (including phenoxy) is 2. The van der Waals surface area contributed by atoms with Crippen LogP contribution < -0.4 is 15.0 Å². The molecule has 1 aliphatic carbocycles. The molecule has 5 rings (SSSR count). The summed E-state index contributed by atoms with van der Waals surface area (Å²) in [5.74, 6) is 0.545. The Bertz CT molecular complexity index is 1100. The van der Waals surface area contributed by atoms with Gasteiger partial charge in [0.25, 0.3) is 0 Å². The summed E-state index contributed by atoms with van der Waals surface area (Å²) in [5, 5.41) is 3.49. The Kier molecular flexibility index (Phi) is 8.04. The minimum Gasteiger partial charge on any atom is -0.406 e. The summed E-state index contributed by atoms with van der Waals surface area (Å²) in [7, 11) is 0. The molecule has 0 saturated carbocycles. The van der Waals surface area contributed by atoms with Crippen LogP contribution in [0, 0.1) is 0 Å². The minimum absolute atomic E-state index is 0.0324. The van der Waals surface area contributed by atoms with Crippen molar-refractivity contribution in [3.8, 4) is 5.75 Å². The summed E-state index contributed by atoms with van der Waals surface area (Å²) in [5.41, 5.74) is 3.01. The quantitative estimate of drug-likeness (QED) is 0.582. The summed E-state index contributed by atoms with van der Waals surface area (Å²) in [6, 6.07) is 5.89. The molecule has 8 nitrogen and oxygen atoms in total. The summed E-state index contributed by atoms with van der Waals surface area (Å²) in [4.78, 5) is 26.9. The monoisotopic (exact) mass is 533 g/mol. The fourth-order valence-corrected chi connectivity index (χ4v) is 5.67. The zero-order valence-corrected chi connectivity index (χ0v) is 21.5. The van der Waals surface area contributed by atoms with Crippen molar-refractivity contribution in [3.05, 3.63) is 47.4 Å². The maximum atomic E-state index is 13.8. The van der Waals surface area contributed by atoms with E-state index in [0.717, 1.165) is 37.2 Å². The van der Waals surface area contributed by atoms with Crippen LogP contribution in [0.4, 0.5) is 19.0 Å². The third kappa shape index (κ3) is 6.20. The van der Waals surface area contributed by atoms with Gasteiger partial charge in [0.05, 0.1) is 5.92 Å². The lowest BCUT2D eigenvalue weighted by atomic mass is 9.95. The molecule has 0 radical (unpaired) electrons. The van der Waals surface area contributed by atoms with E-state index in [9.17, 15) is 18.0 Å². The topological polar surface area (TPSA) is 79.8 Å². The second-order valence-electron chi connectivity index (χ2n) is 10.3. The lowest BCUT2D eigenvalue weighted by Crippen LogP contribution is -2.51. The third-order valence-electron chi connectivity index (χ3n) is 7.79. The number of hydrogen-bond acceptors (Lipinski definition) is 7. The second kappa shape index (κ2) is 11.4. The van der Waals surface area contributed by atoms with E-state index in [1.54, 1.807) is 18.5 Å². The molecule has 3 aliphatic rings. The van der Waals surface area contributed by atoms with Crippen LogP contribution in [0.3, 0.4) is 0 Å². The highest BCUT2D eigenvalue weighted by atomic mass is 19.4. The van der Waals surface area contributed by atoms with Crippen molar-refractivity contribution in [2.45, 2.75) is 56.8 Å². The van der Waals surface area contributed by atoms with Crippen LogP contribution >= 0.6 is 0 Å². The number of nitrogens with one attached hydrogen (secondary N) is 1. The van der Waals surface area contributed by atoms with Crippen LogP contribution in [0.25, 0.3) is 0 Å². The maximum Gasteiger partial charge on any atom is 0.573 e. The standard InChI is InChI=1S/C27H34F3N5O3/c1-18-2-7-23-24(18)25(33-17-32-23)34-10-12-35(13-11-34)26(36)22(16-31-20-8-14-37-15-9-20)19-3-5-21(6-4-19)38-27(28,29)30/h3-6,17-18,20,22,31H,2,7-16H2,1H3. The summed E-state index contributed by atoms with van der Waals surface area (Å²) in [6.45, 7) is 6.39. The number of carbonyl (C=O) groups excluding carboxylic acids is 1. The van der Waals surface area contributed by atoms with Gasteiger partial charge in [0.15, 0.2) is 0 Å². The molecule has 3 heterocycles. The van der Waals surface area contributed by atoms with Crippen molar-refractivity contribution in [1.29, 1.82) is 0 Å². The van der Waals surface area contributed by atoms with Crippen molar-refractivity contribution >= 4 is 11.7 Å². The molecule has 2 saturated heterocycles. The molecule has 0 bridgehead atoms. The number of aromatic nitrogens is 2. The van der Waals surface area contributed by atoms with Gasteiger partial charge in [-0.1, -0.05) is 19.1 Å². The molecule has 1 aromatic heterocycles. The van der Waals surface area contributed by atoms with E-state index in [2.05, 4.69) is 31.8 Å². The number of hydrogen-bond donors (Lipinski definition) is 1. The molecule has 2 atom stereocenters. The van der Waals surface area contributed by atoms with Gasteiger partial charge in [-0.25, -0.2) is 9.97 Å². The van der Waals surface area contributed by atoms with Crippen LogP contribution in [0.1, 0.15) is 54.8 Å². The second-order valence-corrected chi connectivity index (χ2v) is 10.3. The highest BCUT2D eigenvalue weighted by molar-refractivity contribution is 5.84. The number of anilines is 1. The predicted molar refractivity (Wildman–Crippen MR) is 135 cm³/mol. The molecule has 206 valence electrons. The zero-order chi connectivity index (χ0) is 26.7. The van der Waals surface area contributed by atoms with Crippen molar-refractivity contribution in [3.63, 3.8) is 0 Å². The number of fused-ring (bicyclic) bond motifs is 1. The summed E-state index contributed by atoms with van der Waals surface area (Å²) >= 11 is 0. The number of nitrogens with zero attached hydrogens (tertiary/aromatic N) is 4. The molecule has 2 fully saturated rings. The van der Waals surface area contributed by atoms with E-state index in [0.29, 0.717) is 57.4 Å². The molecule has 0 spiro atoms. The van der Waals surface area contributed by atoms with E-state index >= 15 is 0 Å². The molecule has 1 amide bonds. The Morgan fingerprint density at radius 3 is 2.50 bits per heavy atom. The predicted octanol–water partition coefficient (Wildman–Crippen LogP) is 3.63. The number of aryl methyl sites for hydroxylation is 1. The number of benzene rings is 1. The van der Waals surface area contributed by atoms with Gasteiger partial charge >= 0.3 is 6.36 Å². The third-order valence-corrected chi connectivity index (χ3v) is 7.79. The van der Waals surface area contributed by atoms with Gasteiger partial charge in [0.1, 0.15) is 17.9 Å². The number of piperazine rings is 1. The van der Waals surface area contributed by atoms with Gasteiger partial charge in [0.2, 0.25) is 5.91 Å². The van der Waals surface area contributed by atoms with E-state index in [1.165, 1.54) is 17.7 Å². The number of rotatable bonds is 7. The van der Waals surface area contributed by atoms with Crippen LogP contribution in [0.5, 0.6) is 5.75 Å². The Morgan fingerprint density at radius 1 is 1.11 bits per heavy atom. The fraction of sp³-hybridized carbons (Fsp3) is 0.593. The van der Waals surface area contributed by atoms with Crippen molar-refractivity contribution in [2.75, 3.05) is 50.8 Å². The average molecular weight is 534 g/mol. The lowest BCUT2D eigenvalue weighted by molar-refractivity contribution is -0.274. The molecular weight excluding hydrogens is 499 g/mol. The van der Waals surface area contributed by atoms with Crippen LogP contribution in [0.15, 0.2) is 30.6 Å². The van der Waals surface area contributed by atoms with E-state index in [4.69, 9.17) is 4.74 Å². The highest BCUT2D eigenvalue weighted by Crippen LogP contribution is 2.37. The van der Waals surface area contributed by atoms with E-state index in [-0.39, 0.29) is 17.7 Å². The van der Waals surface area contributed by atoms with Crippen molar-refractivity contribution in [2.24, 2.45) is 0 Å². The van der Waals surface area contributed by atoms with Gasteiger partial charge in [-0.05, 0) is 49.3 Å². The summed E-state index contributed by atoms with van der Waals surface area (Å²) in [6.07, 6.45) is 0.642. The first-order valence-corrected chi connectivity index (χ1v) is 13.3. The maximum absolute atomic E-state index is 13.8. The molecular formula is C27H34F3N5O3. The first kappa shape index (κ1) is 26.7. The van der Waals surface area contributed by atoms with Crippen LogP contribution in [0.2, 0.25) is 0 Å². The van der Waals surface area contributed by atoms with E-state index < -0.39 is 12.3 Å². The molecule has 1 aromatic carbocycles. The summed E-state index contributed by atoms with van der Waals surface area (Å²) < 4.78 is 47.3. The fourth-order valence-electron chi connectivity index (χ4n) is 5.67. The van der Waals surface area contributed by atoms with Gasteiger partial charge < -0.3 is 24.6 Å². The van der Waals surface area contributed by atoms with Crippen LogP contribution in [-0.4, -0.2) is 79.1 Å². The number of carbonyl (C=O) groups is 1. The normalized spacial score (nSPS) is 21.3. The first-order chi connectivity index (χ1) is 18.3. The Morgan fingerprint density at radius 2 is 1.82 bits per heavy atom. The van der Waals surface area contributed by atoms with Crippen molar-refractivity contribution in [1.82, 2.24) is 20.2 Å².